The van der Waals surface area contributed by atoms with Crippen LogP contribution in [-0.4, -0.2) is 80.9 Å². The second kappa shape index (κ2) is 8.77. The van der Waals surface area contributed by atoms with Gasteiger partial charge in [0.1, 0.15) is 6.54 Å². The van der Waals surface area contributed by atoms with Gasteiger partial charge in [-0.2, -0.15) is 0 Å². The minimum Gasteiger partial charge on any atom is -0.480 e. The molecule has 0 rings (SSSR count). The molecule has 0 aromatic rings. The average Bonchev–Trinajstić information content (AvgIpc) is 2.25. The van der Waals surface area contributed by atoms with Crippen LogP contribution in [0, 0.1) is 0 Å². The van der Waals surface area contributed by atoms with Crippen molar-refractivity contribution in [1.82, 2.24) is 15.1 Å². The summed E-state index contributed by atoms with van der Waals surface area (Å²) in [5, 5.41) is 11.1. The van der Waals surface area contributed by atoms with Gasteiger partial charge in [0.15, 0.2) is 0 Å². The van der Waals surface area contributed by atoms with Crippen LogP contribution >= 0.6 is 0 Å². The summed E-state index contributed by atoms with van der Waals surface area (Å²) in [4.78, 5) is 24.9. The quantitative estimate of drug-likeness (QED) is 0.592. The Balaban J connectivity index is 3.66. The lowest BCUT2D eigenvalue weighted by molar-refractivity contribution is -0.137. The van der Waals surface area contributed by atoms with Gasteiger partial charge in [-0.1, -0.05) is 0 Å². The van der Waals surface area contributed by atoms with E-state index in [-0.39, 0.29) is 12.6 Å². The number of carboxylic acids is 1. The average molecular weight is 247 g/mol. The van der Waals surface area contributed by atoms with Crippen molar-refractivity contribution in [2.24, 2.45) is 0 Å². The van der Waals surface area contributed by atoms with Crippen LogP contribution in [0.2, 0.25) is 0 Å². The van der Waals surface area contributed by atoms with E-state index < -0.39 is 5.97 Å². The molecule has 0 saturated carbocycles. The van der Waals surface area contributed by atoms with Crippen molar-refractivity contribution in [3.8, 4) is 0 Å². The molecule has 0 saturated heterocycles. The van der Waals surface area contributed by atoms with Gasteiger partial charge in [-0.15, -0.1) is 0 Å². The van der Waals surface area contributed by atoms with Crippen LogP contribution < -0.4 is 5.32 Å². The SMILES string of the molecule is COCCN(C)CCNC(=O)N(C)CC(=O)O. The van der Waals surface area contributed by atoms with E-state index in [1.165, 1.54) is 7.05 Å². The Hall–Kier alpha value is -1.34. The molecule has 0 fully saturated rings. The number of nitrogens with zero attached hydrogens (tertiary/aromatic N) is 2. The van der Waals surface area contributed by atoms with E-state index >= 15 is 0 Å². The van der Waals surface area contributed by atoms with E-state index in [2.05, 4.69) is 5.32 Å². The first kappa shape index (κ1) is 15.7. The van der Waals surface area contributed by atoms with Crippen LogP contribution in [0.25, 0.3) is 0 Å². The number of carbonyl (C=O) groups is 2. The highest BCUT2D eigenvalue weighted by Crippen LogP contribution is 1.85. The fourth-order valence-corrected chi connectivity index (χ4v) is 1.12. The van der Waals surface area contributed by atoms with Crippen molar-refractivity contribution in [3.63, 3.8) is 0 Å². The second-order valence-electron chi connectivity index (χ2n) is 3.78. The number of carboxylic acid groups (broad SMARTS) is 1. The molecule has 0 aromatic heterocycles. The Morgan fingerprint density at radius 3 is 2.47 bits per heavy atom. The molecule has 17 heavy (non-hydrogen) atoms. The summed E-state index contributed by atoms with van der Waals surface area (Å²) in [5.41, 5.74) is 0. The molecule has 2 amide bonds. The van der Waals surface area contributed by atoms with E-state index in [4.69, 9.17) is 9.84 Å². The lowest BCUT2D eigenvalue weighted by Gasteiger charge is -2.19. The summed E-state index contributed by atoms with van der Waals surface area (Å²) in [6, 6.07) is -0.382. The summed E-state index contributed by atoms with van der Waals surface area (Å²) in [6.07, 6.45) is 0. The van der Waals surface area contributed by atoms with Gasteiger partial charge in [0, 0.05) is 33.8 Å². The number of aliphatic carboxylic acids is 1. The standard InChI is InChI=1S/C10H21N3O4/c1-12(6-7-17-3)5-4-11-10(16)13(2)8-9(14)15/h4-8H2,1-3H3,(H,11,16)(H,14,15). The van der Waals surface area contributed by atoms with E-state index in [9.17, 15) is 9.59 Å². The second-order valence-corrected chi connectivity index (χ2v) is 3.78. The molecule has 0 aliphatic carbocycles. The lowest BCUT2D eigenvalue weighted by atomic mass is 10.5. The van der Waals surface area contributed by atoms with Gasteiger partial charge in [0.25, 0.3) is 0 Å². The number of nitrogens with one attached hydrogen (secondary N) is 1. The molecule has 2 N–H and O–H groups in total. The monoisotopic (exact) mass is 247 g/mol. The Labute approximate surface area is 101 Å². The van der Waals surface area contributed by atoms with Crippen molar-refractivity contribution < 1.29 is 19.4 Å². The Morgan fingerprint density at radius 2 is 1.94 bits per heavy atom. The van der Waals surface area contributed by atoms with Crippen LogP contribution in [0.4, 0.5) is 4.79 Å². The number of rotatable bonds is 8. The summed E-state index contributed by atoms with van der Waals surface area (Å²) < 4.78 is 4.92. The topological polar surface area (TPSA) is 82.1 Å². The van der Waals surface area contributed by atoms with Crippen molar-refractivity contribution >= 4 is 12.0 Å². The lowest BCUT2D eigenvalue weighted by Crippen LogP contribution is -2.42. The zero-order valence-electron chi connectivity index (χ0n) is 10.6. The van der Waals surface area contributed by atoms with Crippen LogP contribution in [0.5, 0.6) is 0 Å². The normalized spacial score (nSPS) is 10.4. The Morgan fingerprint density at radius 1 is 1.29 bits per heavy atom. The first-order valence-corrected chi connectivity index (χ1v) is 5.35. The van der Waals surface area contributed by atoms with E-state index in [1.807, 2.05) is 11.9 Å². The fraction of sp³-hybridized carbons (Fsp3) is 0.800. The van der Waals surface area contributed by atoms with E-state index in [1.54, 1.807) is 7.11 Å². The number of likely N-dealkylation sites (N-methyl/N-ethyl adjacent to an activating group) is 2. The number of carbonyl (C=O) groups excluding carboxylic acids is 1. The third-order valence-corrected chi connectivity index (χ3v) is 2.17. The number of hydrogen-bond donors (Lipinski definition) is 2. The number of amides is 2. The summed E-state index contributed by atoms with van der Waals surface area (Å²) in [6.45, 7) is 2.30. The predicted molar refractivity (Wildman–Crippen MR) is 63.0 cm³/mol. The third kappa shape index (κ3) is 8.47. The number of ether oxygens (including phenoxy) is 1. The minimum absolute atomic E-state index is 0.300. The van der Waals surface area contributed by atoms with Crippen LogP contribution in [0.15, 0.2) is 0 Å². The molecule has 0 aliphatic rings. The van der Waals surface area contributed by atoms with Gasteiger partial charge < -0.3 is 25.0 Å². The first-order chi connectivity index (χ1) is 7.97. The third-order valence-electron chi connectivity index (χ3n) is 2.17. The highest BCUT2D eigenvalue weighted by molar-refractivity contribution is 5.79. The van der Waals surface area contributed by atoms with Gasteiger partial charge in [-0.3, -0.25) is 4.79 Å². The molecular formula is C10H21N3O4. The molecule has 0 aromatic carbocycles. The summed E-state index contributed by atoms with van der Waals surface area (Å²) in [5.74, 6) is -1.03. The molecule has 0 bridgehead atoms. The first-order valence-electron chi connectivity index (χ1n) is 5.35. The van der Waals surface area contributed by atoms with Gasteiger partial charge in [0.2, 0.25) is 0 Å². The molecule has 100 valence electrons. The number of urea groups is 1. The molecule has 0 aliphatic heterocycles. The summed E-state index contributed by atoms with van der Waals surface area (Å²) in [7, 11) is 5.00. The highest BCUT2D eigenvalue weighted by Gasteiger charge is 2.10. The Bertz CT molecular complexity index is 248. The molecule has 0 heterocycles. The molecule has 0 radical (unpaired) electrons. The van der Waals surface area contributed by atoms with Crippen molar-refractivity contribution in [2.75, 3.05) is 54.0 Å². The maximum absolute atomic E-state index is 11.4. The number of methoxy groups -OCH3 is 1. The molecule has 0 atom stereocenters. The molecule has 7 nitrogen and oxygen atoms in total. The minimum atomic E-state index is -1.03. The molecular weight excluding hydrogens is 226 g/mol. The van der Waals surface area contributed by atoms with Crippen molar-refractivity contribution in [1.29, 1.82) is 0 Å². The van der Waals surface area contributed by atoms with Crippen molar-refractivity contribution in [3.05, 3.63) is 0 Å². The van der Waals surface area contributed by atoms with Crippen molar-refractivity contribution in [2.45, 2.75) is 0 Å². The van der Waals surface area contributed by atoms with Crippen LogP contribution in [-0.2, 0) is 9.53 Å². The highest BCUT2D eigenvalue weighted by atomic mass is 16.5. The number of hydrogen-bond acceptors (Lipinski definition) is 4. The zero-order chi connectivity index (χ0) is 13.3. The van der Waals surface area contributed by atoms with Gasteiger partial charge in [0.05, 0.1) is 6.61 Å². The maximum Gasteiger partial charge on any atom is 0.323 e. The van der Waals surface area contributed by atoms with E-state index in [0.29, 0.717) is 19.7 Å². The van der Waals surface area contributed by atoms with E-state index in [0.717, 1.165) is 11.4 Å². The van der Waals surface area contributed by atoms with Gasteiger partial charge >= 0.3 is 12.0 Å². The largest absolute Gasteiger partial charge is 0.480 e. The zero-order valence-corrected chi connectivity index (χ0v) is 10.6. The van der Waals surface area contributed by atoms with Crippen LogP contribution in [0.1, 0.15) is 0 Å². The molecule has 0 spiro atoms. The molecule has 0 unspecified atom stereocenters. The fourth-order valence-electron chi connectivity index (χ4n) is 1.12. The summed E-state index contributed by atoms with van der Waals surface area (Å²) >= 11 is 0. The maximum atomic E-state index is 11.4. The van der Waals surface area contributed by atoms with Crippen LogP contribution in [0.3, 0.4) is 0 Å². The smallest absolute Gasteiger partial charge is 0.323 e. The van der Waals surface area contributed by atoms with Gasteiger partial charge in [-0.05, 0) is 7.05 Å². The predicted octanol–water partition coefficient (Wildman–Crippen LogP) is -0.709. The molecule has 7 heteroatoms. The Kier molecular flexibility index (Phi) is 8.08. The van der Waals surface area contributed by atoms with Gasteiger partial charge in [-0.25, -0.2) is 4.79 Å².